The van der Waals surface area contributed by atoms with Crippen LogP contribution in [-0.4, -0.2) is 17.0 Å². The molecule has 0 bridgehead atoms. The number of nitrogens with zero attached hydrogens (tertiary/aromatic N) is 3. The zero-order valence-electron chi connectivity index (χ0n) is 9.77. The minimum Gasteiger partial charge on any atom is -0.381 e. The van der Waals surface area contributed by atoms with Crippen LogP contribution >= 0.6 is 0 Å². The van der Waals surface area contributed by atoms with Crippen molar-refractivity contribution in [2.24, 2.45) is 0 Å². The number of anilines is 2. The van der Waals surface area contributed by atoms with E-state index in [0.717, 1.165) is 11.8 Å². The minimum atomic E-state index is -0.859. The number of halogens is 2. The molecule has 0 radical (unpaired) electrons. The number of hydrogen-bond donors (Lipinski definition) is 1. The Balaban J connectivity index is 2.24. The highest BCUT2D eigenvalue weighted by Gasteiger charge is 2.14. The number of nitrogen functional groups attached to an aromatic ring is 1. The number of nitrogens with two attached hydrogens (primary N) is 1. The van der Waals surface area contributed by atoms with Gasteiger partial charge in [0.25, 0.3) is 0 Å². The van der Waals surface area contributed by atoms with E-state index in [9.17, 15) is 8.78 Å². The van der Waals surface area contributed by atoms with Crippen molar-refractivity contribution in [2.75, 3.05) is 17.7 Å². The highest BCUT2D eigenvalue weighted by molar-refractivity contribution is 5.46. The van der Waals surface area contributed by atoms with Crippen LogP contribution in [0.4, 0.5) is 20.4 Å². The predicted octanol–water partition coefficient (Wildman–Crippen LogP) is 1.97. The first-order valence-electron chi connectivity index (χ1n) is 5.30. The molecule has 18 heavy (non-hydrogen) atoms. The molecule has 0 aliphatic heterocycles. The third kappa shape index (κ3) is 2.53. The van der Waals surface area contributed by atoms with E-state index in [-0.39, 0.29) is 11.6 Å². The standard InChI is InChI=1S/C12H12F2N4/c1-18(7-8-4-2-3-5-16-8)12-10(14)6-9(13)11(15)17-12/h2-6H,7H2,1H3,(H2,15,17). The van der Waals surface area contributed by atoms with Gasteiger partial charge in [0.15, 0.2) is 23.3 Å². The summed E-state index contributed by atoms with van der Waals surface area (Å²) in [5.74, 6) is -1.93. The van der Waals surface area contributed by atoms with E-state index in [4.69, 9.17) is 5.73 Å². The summed E-state index contributed by atoms with van der Waals surface area (Å²) in [5, 5.41) is 0. The first kappa shape index (κ1) is 12.2. The number of aromatic nitrogens is 2. The van der Waals surface area contributed by atoms with Crippen LogP contribution in [0.15, 0.2) is 30.5 Å². The van der Waals surface area contributed by atoms with Crippen molar-refractivity contribution in [1.29, 1.82) is 0 Å². The lowest BCUT2D eigenvalue weighted by Crippen LogP contribution is -2.20. The SMILES string of the molecule is CN(Cc1ccccn1)c1nc(N)c(F)cc1F. The molecule has 2 heterocycles. The molecule has 2 aromatic rings. The molecular formula is C12H12F2N4. The van der Waals surface area contributed by atoms with Gasteiger partial charge in [-0.25, -0.2) is 13.8 Å². The Hall–Kier alpha value is -2.24. The summed E-state index contributed by atoms with van der Waals surface area (Å²) >= 11 is 0. The molecule has 0 saturated heterocycles. The first-order valence-corrected chi connectivity index (χ1v) is 5.30. The molecule has 2 rings (SSSR count). The van der Waals surface area contributed by atoms with Gasteiger partial charge in [-0.05, 0) is 12.1 Å². The Bertz CT molecular complexity index is 545. The number of pyridine rings is 2. The minimum absolute atomic E-state index is 0.000414. The zero-order chi connectivity index (χ0) is 13.1. The average Bonchev–Trinajstić information content (AvgIpc) is 2.35. The maximum absolute atomic E-state index is 13.6. The normalized spacial score (nSPS) is 10.4. The molecule has 0 amide bonds. The highest BCUT2D eigenvalue weighted by Crippen LogP contribution is 2.20. The molecular weight excluding hydrogens is 238 g/mol. The lowest BCUT2D eigenvalue weighted by Gasteiger charge is -2.18. The Kier molecular flexibility index (Phi) is 3.36. The summed E-state index contributed by atoms with van der Waals surface area (Å²) in [6.45, 7) is 0.357. The zero-order valence-corrected chi connectivity index (χ0v) is 9.77. The van der Waals surface area contributed by atoms with Crippen LogP contribution in [0.2, 0.25) is 0 Å². The van der Waals surface area contributed by atoms with Gasteiger partial charge in [-0.15, -0.1) is 0 Å². The van der Waals surface area contributed by atoms with Crippen molar-refractivity contribution in [3.8, 4) is 0 Å². The molecule has 2 N–H and O–H groups in total. The van der Waals surface area contributed by atoms with E-state index in [2.05, 4.69) is 9.97 Å². The van der Waals surface area contributed by atoms with E-state index >= 15 is 0 Å². The van der Waals surface area contributed by atoms with Crippen molar-refractivity contribution in [1.82, 2.24) is 9.97 Å². The summed E-state index contributed by atoms with van der Waals surface area (Å²) in [5.41, 5.74) is 6.08. The molecule has 0 aliphatic rings. The topological polar surface area (TPSA) is 55.0 Å². The summed E-state index contributed by atoms with van der Waals surface area (Å²) in [6, 6.07) is 6.16. The second-order valence-corrected chi connectivity index (χ2v) is 3.84. The average molecular weight is 250 g/mol. The molecule has 0 aromatic carbocycles. The molecule has 94 valence electrons. The van der Waals surface area contributed by atoms with Gasteiger partial charge in [-0.3, -0.25) is 4.98 Å². The molecule has 0 fully saturated rings. The molecule has 4 nitrogen and oxygen atoms in total. The largest absolute Gasteiger partial charge is 0.381 e. The maximum atomic E-state index is 13.6. The van der Waals surface area contributed by atoms with Crippen molar-refractivity contribution in [3.63, 3.8) is 0 Å². The van der Waals surface area contributed by atoms with E-state index < -0.39 is 11.6 Å². The summed E-state index contributed by atoms with van der Waals surface area (Å²) in [7, 11) is 1.64. The van der Waals surface area contributed by atoms with Crippen LogP contribution in [0.25, 0.3) is 0 Å². The lowest BCUT2D eigenvalue weighted by molar-refractivity contribution is 0.573. The van der Waals surface area contributed by atoms with Crippen LogP contribution in [0, 0.1) is 11.6 Å². The summed E-state index contributed by atoms with van der Waals surface area (Å²) in [6.07, 6.45) is 1.64. The van der Waals surface area contributed by atoms with Crippen LogP contribution in [0.3, 0.4) is 0 Å². The first-order chi connectivity index (χ1) is 8.58. The Morgan fingerprint density at radius 1 is 1.28 bits per heavy atom. The van der Waals surface area contributed by atoms with Gasteiger partial charge < -0.3 is 10.6 Å². The van der Waals surface area contributed by atoms with E-state index in [0.29, 0.717) is 6.54 Å². The fourth-order valence-corrected chi connectivity index (χ4v) is 1.55. The third-order valence-corrected chi connectivity index (χ3v) is 2.42. The van der Waals surface area contributed by atoms with Gasteiger partial charge in [0, 0.05) is 19.3 Å². The van der Waals surface area contributed by atoms with Gasteiger partial charge in [0.2, 0.25) is 0 Å². The van der Waals surface area contributed by atoms with Gasteiger partial charge in [-0.1, -0.05) is 6.07 Å². The van der Waals surface area contributed by atoms with E-state index in [1.807, 2.05) is 6.07 Å². The second-order valence-electron chi connectivity index (χ2n) is 3.84. The van der Waals surface area contributed by atoms with E-state index in [1.165, 1.54) is 4.90 Å². The monoisotopic (exact) mass is 250 g/mol. The van der Waals surface area contributed by atoms with Crippen molar-refractivity contribution < 1.29 is 8.78 Å². The molecule has 0 spiro atoms. The highest BCUT2D eigenvalue weighted by atomic mass is 19.1. The molecule has 0 saturated carbocycles. The number of rotatable bonds is 3. The molecule has 0 atom stereocenters. The van der Waals surface area contributed by atoms with Crippen LogP contribution in [-0.2, 0) is 6.54 Å². The second kappa shape index (κ2) is 4.95. The fraction of sp³-hybridized carbons (Fsp3) is 0.167. The third-order valence-electron chi connectivity index (χ3n) is 2.42. The Morgan fingerprint density at radius 3 is 2.72 bits per heavy atom. The fourth-order valence-electron chi connectivity index (χ4n) is 1.55. The predicted molar refractivity (Wildman–Crippen MR) is 64.9 cm³/mol. The molecule has 2 aromatic heterocycles. The van der Waals surface area contributed by atoms with Gasteiger partial charge in [0.1, 0.15) is 0 Å². The smallest absolute Gasteiger partial charge is 0.168 e. The van der Waals surface area contributed by atoms with Crippen LogP contribution < -0.4 is 10.6 Å². The Labute approximate surface area is 103 Å². The van der Waals surface area contributed by atoms with Crippen LogP contribution in [0.5, 0.6) is 0 Å². The Morgan fingerprint density at radius 2 is 2.06 bits per heavy atom. The quantitative estimate of drug-likeness (QED) is 0.904. The van der Waals surface area contributed by atoms with E-state index in [1.54, 1.807) is 25.4 Å². The molecule has 0 unspecified atom stereocenters. The number of hydrogen-bond acceptors (Lipinski definition) is 4. The van der Waals surface area contributed by atoms with Gasteiger partial charge in [-0.2, -0.15) is 0 Å². The van der Waals surface area contributed by atoms with Gasteiger partial charge >= 0.3 is 0 Å². The summed E-state index contributed by atoms with van der Waals surface area (Å²) < 4.78 is 26.6. The maximum Gasteiger partial charge on any atom is 0.168 e. The van der Waals surface area contributed by atoms with Crippen molar-refractivity contribution in [3.05, 3.63) is 47.8 Å². The van der Waals surface area contributed by atoms with Crippen LogP contribution in [0.1, 0.15) is 5.69 Å². The molecule has 6 heteroatoms. The summed E-state index contributed by atoms with van der Waals surface area (Å²) in [4.78, 5) is 9.33. The van der Waals surface area contributed by atoms with Gasteiger partial charge in [0.05, 0.1) is 12.2 Å². The van der Waals surface area contributed by atoms with Crippen molar-refractivity contribution in [2.45, 2.75) is 6.54 Å². The van der Waals surface area contributed by atoms with Crippen molar-refractivity contribution >= 4 is 11.6 Å². The molecule has 0 aliphatic carbocycles. The lowest BCUT2D eigenvalue weighted by atomic mass is 10.3.